The first kappa shape index (κ1) is 15.2. The summed E-state index contributed by atoms with van der Waals surface area (Å²) in [6, 6.07) is 2.11. The summed E-state index contributed by atoms with van der Waals surface area (Å²) in [5.41, 5.74) is 2.76. The van der Waals surface area contributed by atoms with Crippen molar-refractivity contribution in [3.63, 3.8) is 0 Å². The Morgan fingerprint density at radius 1 is 1.35 bits per heavy atom. The minimum atomic E-state index is 0.0439. The standard InChI is InChI=1S/C18H26N2O3/c1-11-9-14(12(2)19-11)18(21)20-7-8-22-16-6-5-15(20)17(16)23-10-13-3-4-13/h9,13,15-17,19H,3-8,10H2,1-2H3/t15-,16-,17-/m0/s1. The van der Waals surface area contributed by atoms with Gasteiger partial charge in [-0.05, 0) is 51.5 Å². The maximum Gasteiger partial charge on any atom is 0.256 e. The number of nitrogens with zero attached hydrogens (tertiary/aromatic N) is 1. The highest BCUT2D eigenvalue weighted by Gasteiger charge is 2.45. The van der Waals surface area contributed by atoms with E-state index >= 15 is 0 Å². The van der Waals surface area contributed by atoms with Gasteiger partial charge < -0.3 is 19.4 Å². The van der Waals surface area contributed by atoms with Crippen LogP contribution in [0.3, 0.4) is 0 Å². The van der Waals surface area contributed by atoms with Gasteiger partial charge in [0.15, 0.2) is 0 Å². The van der Waals surface area contributed by atoms with E-state index < -0.39 is 0 Å². The lowest BCUT2D eigenvalue weighted by Crippen LogP contribution is -2.46. The highest BCUT2D eigenvalue weighted by Crippen LogP contribution is 2.36. The van der Waals surface area contributed by atoms with Crippen LogP contribution >= 0.6 is 0 Å². The molecule has 0 aromatic carbocycles. The Morgan fingerprint density at radius 2 is 2.17 bits per heavy atom. The van der Waals surface area contributed by atoms with E-state index in [1.807, 2.05) is 24.8 Å². The molecule has 126 valence electrons. The van der Waals surface area contributed by atoms with Crippen LogP contribution in [0.2, 0.25) is 0 Å². The van der Waals surface area contributed by atoms with Crippen LogP contribution in [0.25, 0.3) is 0 Å². The first-order valence-corrected chi connectivity index (χ1v) is 8.84. The number of carbonyl (C=O) groups excluding carboxylic acids is 1. The van der Waals surface area contributed by atoms with Crippen molar-refractivity contribution in [2.45, 2.75) is 57.8 Å². The third kappa shape index (κ3) is 2.92. The van der Waals surface area contributed by atoms with Gasteiger partial charge in [-0.1, -0.05) is 0 Å². The molecule has 1 N–H and O–H groups in total. The Bertz CT molecular complexity index is 593. The molecule has 4 rings (SSSR count). The third-order valence-electron chi connectivity index (χ3n) is 5.42. The van der Waals surface area contributed by atoms with Crippen molar-refractivity contribution in [1.29, 1.82) is 0 Å². The van der Waals surface area contributed by atoms with E-state index in [0.29, 0.717) is 13.2 Å². The Hall–Kier alpha value is -1.33. The maximum atomic E-state index is 13.1. The number of rotatable bonds is 4. The van der Waals surface area contributed by atoms with Crippen molar-refractivity contribution in [1.82, 2.24) is 9.88 Å². The molecule has 2 aliphatic carbocycles. The van der Waals surface area contributed by atoms with Gasteiger partial charge in [0.05, 0.1) is 24.3 Å². The number of carbonyl (C=O) groups is 1. The van der Waals surface area contributed by atoms with E-state index in [-0.39, 0.29) is 24.2 Å². The first-order valence-electron chi connectivity index (χ1n) is 8.84. The summed E-state index contributed by atoms with van der Waals surface area (Å²) in [5, 5.41) is 0. The lowest BCUT2D eigenvalue weighted by atomic mass is 10.1. The molecule has 3 atom stereocenters. The monoisotopic (exact) mass is 318 g/mol. The molecule has 2 bridgehead atoms. The van der Waals surface area contributed by atoms with Crippen molar-refractivity contribution >= 4 is 5.91 Å². The highest BCUT2D eigenvalue weighted by atomic mass is 16.5. The van der Waals surface area contributed by atoms with Crippen LogP contribution < -0.4 is 0 Å². The number of nitrogens with one attached hydrogen (secondary N) is 1. The van der Waals surface area contributed by atoms with Crippen molar-refractivity contribution < 1.29 is 14.3 Å². The number of aromatic nitrogens is 1. The minimum absolute atomic E-state index is 0.0439. The molecule has 0 radical (unpaired) electrons. The average molecular weight is 318 g/mol. The molecule has 0 spiro atoms. The second-order valence-corrected chi connectivity index (χ2v) is 7.28. The van der Waals surface area contributed by atoms with Crippen LogP contribution in [0, 0.1) is 19.8 Å². The average Bonchev–Trinajstić information content (AvgIpc) is 3.19. The van der Waals surface area contributed by atoms with Gasteiger partial charge in [0.1, 0.15) is 6.10 Å². The predicted octanol–water partition coefficient (Wildman–Crippen LogP) is 2.43. The summed E-state index contributed by atoms with van der Waals surface area (Å²) in [7, 11) is 0. The number of aromatic amines is 1. The van der Waals surface area contributed by atoms with Gasteiger partial charge in [-0.15, -0.1) is 0 Å². The zero-order valence-corrected chi connectivity index (χ0v) is 14.0. The first-order chi connectivity index (χ1) is 11.1. The summed E-state index contributed by atoms with van der Waals surface area (Å²) in [4.78, 5) is 18.3. The fraction of sp³-hybridized carbons (Fsp3) is 0.722. The van der Waals surface area contributed by atoms with Crippen LogP contribution in [-0.2, 0) is 9.47 Å². The number of aryl methyl sites for hydroxylation is 2. The summed E-state index contributed by atoms with van der Waals surface area (Å²) >= 11 is 0. The van der Waals surface area contributed by atoms with Gasteiger partial charge in [0.25, 0.3) is 5.91 Å². The van der Waals surface area contributed by atoms with E-state index in [4.69, 9.17) is 9.47 Å². The molecule has 5 nitrogen and oxygen atoms in total. The van der Waals surface area contributed by atoms with E-state index in [2.05, 4.69) is 4.98 Å². The van der Waals surface area contributed by atoms with Gasteiger partial charge in [-0.25, -0.2) is 0 Å². The smallest absolute Gasteiger partial charge is 0.256 e. The number of amides is 1. The van der Waals surface area contributed by atoms with Gasteiger partial charge >= 0.3 is 0 Å². The van der Waals surface area contributed by atoms with E-state index in [1.54, 1.807) is 0 Å². The van der Waals surface area contributed by atoms with Crippen LogP contribution in [0.4, 0.5) is 0 Å². The largest absolute Gasteiger partial charge is 0.374 e. The Labute approximate surface area is 137 Å². The summed E-state index contributed by atoms with van der Waals surface area (Å²) in [6.07, 6.45) is 4.75. The molecule has 1 aliphatic heterocycles. The molecule has 1 saturated heterocycles. The molecule has 2 heterocycles. The fourth-order valence-corrected chi connectivity index (χ4v) is 3.99. The fourth-order valence-electron chi connectivity index (χ4n) is 3.99. The summed E-state index contributed by atoms with van der Waals surface area (Å²) < 4.78 is 12.2. The number of ether oxygens (including phenoxy) is 2. The second kappa shape index (κ2) is 5.95. The second-order valence-electron chi connectivity index (χ2n) is 7.28. The molecule has 5 heteroatoms. The molecule has 1 aromatic rings. The quantitative estimate of drug-likeness (QED) is 0.927. The van der Waals surface area contributed by atoms with Crippen molar-refractivity contribution in [2.75, 3.05) is 19.8 Å². The maximum absolute atomic E-state index is 13.1. The van der Waals surface area contributed by atoms with Crippen LogP contribution in [-0.4, -0.2) is 53.8 Å². The highest BCUT2D eigenvalue weighted by molar-refractivity contribution is 5.96. The normalized spacial score (nSPS) is 30.5. The number of fused-ring (bicyclic) bond motifs is 2. The topological polar surface area (TPSA) is 54.6 Å². The molecule has 3 fully saturated rings. The van der Waals surface area contributed by atoms with Crippen molar-refractivity contribution in [3.8, 4) is 0 Å². The van der Waals surface area contributed by atoms with Crippen molar-refractivity contribution in [3.05, 3.63) is 23.0 Å². The Balaban J connectivity index is 1.54. The van der Waals surface area contributed by atoms with Crippen molar-refractivity contribution in [2.24, 2.45) is 5.92 Å². The van der Waals surface area contributed by atoms with Gasteiger partial charge in [0.2, 0.25) is 0 Å². The minimum Gasteiger partial charge on any atom is -0.374 e. The van der Waals surface area contributed by atoms with E-state index in [0.717, 1.165) is 42.3 Å². The van der Waals surface area contributed by atoms with Gasteiger partial charge in [-0.3, -0.25) is 4.79 Å². The zero-order valence-electron chi connectivity index (χ0n) is 14.0. The Morgan fingerprint density at radius 3 is 2.87 bits per heavy atom. The molecule has 1 aromatic heterocycles. The van der Waals surface area contributed by atoms with Gasteiger partial charge in [-0.2, -0.15) is 0 Å². The zero-order chi connectivity index (χ0) is 16.0. The molecule has 23 heavy (non-hydrogen) atoms. The summed E-state index contributed by atoms with van der Waals surface area (Å²) in [6.45, 7) is 6.05. The van der Waals surface area contributed by atoms with Gasteiger partial charge in [0, 0.05) is 24.5 Å². The lowest BCUT2D eigenvalue weighted by molar-refractivity contribution is -0.0556. The number of hydrogen-bond acceptors (Lipinski definition) is 3. The van der Waals surface area contributed by atoms with Crippen LogP contribution in [0.5, 0.6) is 0 Å². The van der Waals surface area contributed by atoms with Crippen LogP contribution in [0.15, 0.2) is 6.07 Å². The molecule has 3 aliphatic rings. The third-order valence-corrected chi connectivity index (χ3v) is 5.42. The van der Waals surface area contributed by atoms with E-state index in [1.165, 1.54) is 12.8 Å². The lowest BCUT2D eigenvalue weighted by Gasteiger charge is -2.31. The summed E-state index contributed by atoms with van der Waals surface area (Å²) in [5.74, 6) is 0.847. The molecule has 2 saturated carbocycles. The van der Waals surface area contributed by atoms with Crippen LogP contribution in [0.1, 0.15) is 47.4 Å². The number of H-pyrrole nitrogens is 1. The number of hydrogen-bond donors (Lipinski definition) is 1. The molecule has 0 unspecified atom stereocenters. The Kier molecular flexibility index (Phi) is 3.93. The molecule has 1 amide bonds. The molecular weight excluding hydrogens is 292 g/mol. The predicted molar refractivity (Wildman–Crippen MR) is 86.5 cm³/mol. The SMILES string of the molecule is Cc1cc(C(=O)N2CCO[C@H]3CC[C@H]2[C@@H]3OCC2CC2)c(C)[nH]1. The van der Waals surface area contributed by atoms with E-state index in [9.17, 15) is 4.79 Å². The molecular formula is C18H26N2O3.